The van der Waals surface area contributed by atoms with Gasteiger partial charge in [0.2, 0.25) is 0 Å². The molecule has 73 heavy (non-hydrogen) atoms. The van der Waals surface area contributed by atoms with Crippen molar-refractivity contribution in [3.63, 3.8) is 0 Å². The molecule has 0 aliphatic heterocycles. The third-order valence-electron chi connectivity index (χ3n) is 13.3. The van der Waals surface area contributed by atoms with Crippen LogP contribution in [-0.4, -0.2) is 39.9 Å². The number of rotatable bonds is 12. The van der Waals surface area contributed by atoms with Gasteiger partial charge in [-0.25, -0.2) is 39.9 Å². The van der Waals surface area contributed by atoms with Crippen LogP contribution in [0, 0.1) is 0 Å². The van der Waals surface area contributed by atoms with Gasteiger partial charge in [-0.15, -0.1) is 0 Å². The Hall–Kier alpha value is -9.92. The van der Waals surface area contributed by atoms with Crippen LogP contribution >= 0.6 is 0 Å². The topological polar surface area (TPSA) is 103 Å². The smallest absolute Gasteiger partial charge is 0.159 e. The van der Waals surface area contributed by atoms with Crippen LogP contribution < -0.4 is 0 Å². The lowest BCUT2D eigenvalue weighted by Gasteiger charge is -2.37. The van der Waals surface area contributed by atoms with Crippen molar-refractivity contribution in [2.45, 2.75) is 5.41 Å². The average molecular weight is 937 g/mol. The first kappa shape index (κ1) is 44.3. The van der Waals surface area contributed by atoms with Crippen molar-refractivity contribution in [2.75, 3.05) is 0 Å². The molecule has 0 saturated carbocycles. The van der Waals surface area contributed by atoms with Crippen molar-refractivity contribution in [3.05, 3.63) is 290 Å². The van der Waals surface area contributed by atoms with E-state index in [9.17, 15) is 0 Å². The summed E-state index contributed by atoms with van der Waals surface area (Å²) in [5, 5.41) is 0. The molecule has 12 aromatic rings. The van der Waals surface area contributed by atoms with Gasteiger partial charge in [0.25, 0.3) is 0 Å². The van der Waals surface area contributed by atoms with E-state index < -0.39 is 5.41 Å². The molecule has 4 heterocycles. The van der Waals surface area contributed by atoms with E-state index >= 15 is 0 Å². The van der Waals surface area contributed by atoms with E-state index in [1.54, 1.807) is 0 Å². The summed E-state index contributed by atoms with van der Waals surface area (Å²) >= 11 is 0. The lowest BCUT2D eigenvalue weighted by molar-refractivity contribution is 0.745. The van der Waals surface area contributed by atoms with E-state index in [1.807, 2.05) is 122 Å². The fourth-order valence-corrected chi connectivity index (χ4v) is 9.50. The van der Waals surface area contributed by atoms with E-state index in [2.05, 4.69) is 146 Å². The minimum absolute atomic E-state index is 0.643. The fourth-order valence-electron chi connectivity index (χ4n) is 9.50. The molecule has 0 atom stereocenters. The SMILES string of the molecule is c1ccc(-c2cnc(-c3ccc(C(c4ccc(-c5ncc(-c6ccccc6)cn5)cc4)(c4ccc(-c5ncc(-c6ccccc6)cn5)cc4)c4ccc(-c5ncc(-c6ccccc6)cn5)cc4)cc3)nc2)cc1. The molecule has 4 aromatic heterocycles. The van der Waals surface area contributed by atoms with E-state index in [0.717, 1.165) is 89.0 Å². The van der Waals surface area contributed by atoms with Crippen molar-refractivity contribution >= 4 is 0 Å². The second kappa shape index (κ2) is 19.8. The lowest BCUT2D eigenvalue weighted by Crippen LogP contribution is -2.31. The molecule has 0 radical (unpaired) electrons. The Balaban J connectivity index is 0.978. The number of benzene rings is 8. The zero-order valence-electron chi connectivity index (χ0n) is 39.5. The Morgan fingerprint density at radius 1 is 0.164 bits per heavy atom. The molecular weight excluding hydrogens is 893 g/mol. The van der Waals surface area contributed by atoms with Gasteiger partial charge in [0.05, 0.1) is 5.41 Å². The Kier molecular flexibility index (Phi) is 12.0. The van der Waals surface area contributed by atoms with Gasteiger partial charge in [0.15, 0.2) is 23.3 Å². The number of aromatic nitrogens is 8. The van der Waals surface area contributed by atoms with Crippen molar-refractivity contribution in [1.29, 1.82) is 0 Å². The van der Waals surface area contributed by atoms with E-state index in [4.69, 9.17) is 39.9 Å². The van der Waals surface area contributed by atoms with Gasteiger partial charge in [-0.2, -0.15) is 0 Å². The predicted molar refractivity (Wildman–Crippen MR) is 291 cm³/mol. The summed E-state index contributed by atoms with van der Waals surface area (Å²) in [5.41, 5.74) is 15.1. The highest BCUT2D eigenvalue weighted by Gasteiger charge is 2.39. The molecular formula is C65H44N8. The van der Waals surface area contributed by atoms with Gasteiger partial charge >= 0.3 is 0 Å². The minimum Gasteiger partial charge on any atom is -0.236 e. The normalized spacial score (nSPS) is 11.3. The third-order valence-corrected chi connectivity index (χ3v) is 13.3. The Morgan fingerprint density at radius 2 is 0.342 bits per heavy atom. The first-order valence-corrected chi connectivity index (χ1v) is 24.1. The van der Waals surface area contributed by atoms with E-state index in [0.29, 0.717) is 23.3 Å². The standard InChI is InChI=1S/C65H44N8/c1-5-13-45(14-6-1)53-37-66-61(67-38-53)49-21-29-57(30-22-49)65(58-31-23-50(24-32-58)62-68-39-54(40-69-62)46-15-7-2-8-16-46,59-33-25-51(26-34-59)63-70-41-55(42-71-63)47-17-9-3-10-18-47)60-35-27-52(28-36-60)64-72-43-56(44-73-64)48-19-11-4-12-20-48/h1-44H. The van der Waals surface area contributed by atoms with Crippen LogP contribution in [0.5, 0.6) is 0 Å². The molecule has 0 bridgehead atoms. The first-order valence-electron chi connectivity index (χ1n) is 24.1. The quantitative estimate of drug-likeness (QED) is 0.112. The minimum atomic E-state index is -0.847. The van der Waals surface area contributed by atoms with Gasteiger partial charge < -0.3 is 0 Å². The molecule has 344 valence electrons. The summed E-state index contributed by atoms with van der Waals surface area (Å²) in [4.78, 5) is 38.6. The zero-order valence-corrected chi connectivity index (χ0v) is 39.5. The highest BCUT2D eigenvalue weighted by atomic mass is 14.9. The molecule has 0 amide bonds. The summed E-state index contributed by atoms with van der Waals surface area (Å²) in [6.07, 6.45) is 15.1. The fraction of sp³-hybridized carbons (Fsp3) is 0.0154. The molecule has 0 aliphatic rings. The Labute approximate surface area is 423 Å². The molecule has 8 nitrogen and oxygen atoms in total. The van der Waals surface area contributed by atoms with Crippen LogP contribution in [0.4, 0.5) is 0 Å². The summed E-state index contributed by atoms with van der Waals surface area (Å²) in [7, 11) is 0. The van der Waals surface area contributed by atoms with E-state index in [1.165, 1.54) is 0 Å². The van der Waals surface area contributed by atoms with Crippen LogP contribution in [-0.2, 0) is 5.41 Å². The molecule has 12 rings (SSSR count). The summed E-state index contributed by atoms with van der Waals surface area (Å²) in [5.74, 6) is 2.57. The second-order valence-corrected chi connectivity index (χ2v) is 17.7. The van der Waals surface area contributed by atoms with Gasteiger partial charge in [-0.05, 0) is 44.5 Å². The maximum atomic E-state index is 4.83. The van der Waals surface area contributed by atoms with Gasteiger partial charge in [-0.1, -0.05) is 218 Å². The van der Waals surface area contributed by atoms with Crippen molar-refractivity contribution in [3.8, 4) is 90.1 Å². The summed E-state index contributed by atoms with van der Waals surface area (Å²) in [6.45, 7) is 0. The highest BCUT2D eigenvalue weighted by molar-refractivity contribution is 5.71. The molecule has 0 fully saturated rings. The maximum Gasteiger partial charge on any atom is 0.159 e. The third kappa shape index (κ3) is 8.97. The van der Waals surface area contributed by atoms with Gasteiger partial charge in [0.1, 0.15) is 0 Å². The van der Waals surface area contributed by atoms with Crippen LogP contribution in [0.1, 0.15) is 22.3 Å². The van der Waals surface area contributed by atoms with Gasteiger partial charge in [-0.3, -0.25) is 0 Å². The summed E-state index contributed by atoms with van der Waals surface area (Å²) < 4.78 is 0. The second-order valence-electron chi connectivity index (χ2n) is 17.7. The average Bonchev–Trinajstić information content (AvgIpc) is 3.49. The maximum absolute atomic E-state index is 4.83. The zero-order chi connectivity index (χ0) is 48.8. The Bertz CT molecular complexity index is 3220. The number of hydrogen-bond donors (Lipinski definition) is 0. The predicted octanol–water partition coefficient (Wildman–Crippen LogP) is 14.6. The number of nitrogens with zero attached hydrogens (tertiary/aromatic N) is 8. The van der Waals surface area contributed by atoms with Crippen LogP contribution in [0.15, 0.2) is 268 Å². The molecule has 0 N–H and O–H groups in total. The van der Waals surface area contributed by atoms with Crippen LogP contribution in [0.25, 0.3) is 90.1 Å². The molecule has 8 heteroatoms. The molecule has 8 aromatic carbocycles. The van der Waals surface area contributed by atoms with Gasteiger partial charge in [0, 0.05) is 94.1 Å². The largest absolute Gasteiger partial charge is 0.236 e. The molecule has 0 unspecified atom stereocenters. The monoisotopic (exact) mass is 936 g/mol. The molecule has 0 saturated heterocycles. The van der Waals surface area contributed by atoms with Crippen molar-refractivity contribution < 1.29 is 0 Å². The lowest BCUT2D eigenvalue weighted by atomic mass is 9.64. The van der Waals surface area contributed by atoms with Crippen LogP contribution in [0.3, 0.4) is 0 Å². The van der Waals surface area contributed by atoms with Crippen molar-refractivity contribution in [1.82, 2.24) is 39.9 Å². The highest BCUT2D eigenvalue weighted by Crippen LogP contribution is 2.47. The molecule has 0 spiro atoms. The summed E-state index contributed by atoms with van der Waals surface area (Å²) in [6, 6.07) is 75.2. The molecule has 0 aliphatic carbocycles. The van der Waals surface area contributed by atoms with Crippen molar-refractivity contribution in [2.24, 2.45) is 0 Å². The Morgan fingerprint density at radius 3 is 0.521 bits per heavy atom. The first-order chi connectivity index (χ1) is 36.2. The number of hydrogen-bond acceptors (Lipinski definition) is 8. The van der Waals surface area contributed by atoms with E-state index in [-0.39, 0.29) is 0 Å². The van der Waals surface area contributed by atoms with Crippen LogP contribution in [0.2, 0.25) is 0 Å².